The molecule has 1 heterocycles. The highest BCUT2D eigenvalue weighted by molar-refractivity contribution is 7.88. The van der Waals surface area contributed by atoms with Crippen molar-refractivity contribution in [3.05, 3.63) is 29.8 Å². The molecular formula is C11H16N2O2S. The Hall–Kier alpha value is -1.07. The molecule has 1 aliphatic rings. The minimum atomic E-state index is -2.98. The maximum Gasteiger partial charge on any atom is 0.211 e. The Morgan fingerprint density at radius 3 is 2.38 bits per heavy atom. The number of nitrogens with two attached hydrogens (primary N) is 1. The molecule has 0 saturated carbocycles. The van der Waals surface area contributed by atoms with E-state index in [1.54, 1.807) is 0 Å². The Balaban J connectivity index is 1.88. The molecule has 16 heavy (non-hydrogen) atoms. The minimum Gasteiger partial charge on any atom is -0.399 e. The van der Waals surface area contributed by atoms with E-state index in [2.05, 4.69) is 0 Å². The van der Waals surface area contributed by atoms with Crippen LogP contribution in [0.4, 0.5) is 5.69 Å². The van der Waals surface area contributed by atoms with E-state index < -0.39 is 10.0 Å². The molecule has 0 spiro atoms. The van der Waals surface area contributed by atoms with E-state index in [-0.39, 0.29) is 0 Å². The van der Waals surface area contributed by atoms with Gasteiger partial charge in [0.2, 0.25) is 10.0 Å². The Morgan fingerprint density at radius 2 is 1.88 bits per heavy atom. The Kier molecular flexibility index (Phi) is 2.90. The van der Waals surface area contributed by atoms with Crippen molar-refractivity contribution in [3.8, 4) is 0 Å². The summed E-state index contributed by atoms with van der Waals surface area (Å²) in [6.45, 7) is 1.28. The van der Waals surface area contributed by atoms with Gasteiger partial charge in [0.15, 0.2) is 0 Å². The van der Waals surface area contributed by atoms with Crippen LogP contribution >= 0.6 is 0 Å². The first kappa shape index (κ1) is 11.4. The largest absolute Gasteiger partial charge is 0.399 e. The molecule has 5 heteroatoms. The second-order valence-electron chi connectivity index (χ2n) is 4.39. The highest BCUT2D eigenvalue weighted by Gasteiger charge is 2.32. The number of benzene rings is 1. The molecule has 4 nitrogen and oxygen atoms in total. The van der Waals surface area contributed by atoms with Crippen LogP contribution in [0.15, 0.2) is 24.3 Å². The predicted octanol–water partition coefficient (Wildman–Crippen LogP) is 0.703. The number of rotatable bonds is 3. The summed E-state index contributed by atoms with van der Waals surface area (Å²) in [4.78, 5) is 0. The number of anilines is 1. The standard InChI is InChI=1S/C11H16N2O2S/c1-16(14,15)13-7-10(8-13)6-9-2-4-11(12)5-3-9/h2-5,10H,6-8,12H2,1H3. The molecule has 1 fully saturated rings. The molecule has 0 aliphatic carbocycles. The van der Waals surface area contributed by atoms with E-state index in [1.165, 1.54) is 16.1 Å². The fraction of sp³-hybridized carbons (Fsp3) is 0.455. The van der Waals surface area contributed by atoms with Gasteiger partial charge in [-0.15, -0.1) is 0 Å². The van der Waals surface area contributed by atoms with Crippen LogP contribution in [0.2, 0.25) is 0 Å². The summed E-state index contributed by atoms with van der Waals surface area (Å²) in [6, 6.07) is 7.75. The molecule has 0 radical (unpaired) electrons. The van der Waals surface area contributed by atoms with Crippen molar-refractivity contribution < 1.29 is 8.42 Å². The van der Waals surface area contributed by atoms with Gasteiger partial charge in [0, 0.05) is 18.8 Å². The van der Waals surface area contributed by atoms with Crippen molar-refractivity contribution in [2.75, 3.05) is 25.1 Å². The van der Waals surface area contributed by atoms with Crippen molar-refractivity contribution in [3.63, 3.8) is 0 Å². The second-order valence-corrected chi connectivity index (χ2v) is 6.37. The molecule has 1 aromatic rings. The van der Waals surface area contributed by atoms with Gasteiger partial charge < -0.3 is 5.73 Å². The second kappa shape index (κ2) is 4.07. The van der Waals surface area contributed by atoms with Gasteiger partial charge in [-0.25, -0.2) is 12.7 Å². The SMILES string of the molecule is CS(=O)(=O)N1CC(Cc2ccc(N)cc2)C1. The van der Waals surface area contributed by atoms with Crippen LogP contribution < -0.4 is 5.73 Å². The van der Waals surface area contributed by atoms with Gasteiger partial charge in [0.25, 0.3) is 0 Å². The van der Waals surface area contributed by atoms with E-state index in [0.717, 1.165) is 12.1 Å². The van der Waals surface area contributed by atoms with E-state index in [1.807, 2.05) is 24.3 Å². The Morgan fingerprint density at radius 1 is 1.31 bits per heavy atom. The van der Waals surface area contributed by atoms with E-state index >= 15 is 0 Å². The fourth-order valence-electron chi connectivity index (χ4n) is 1.91. The van der Waals surface area contributed by atoms with Gasteiger partial charge in [-0.1, -0.05) is 12.1 Å². The first-order valence-electron chi connectivity index (χ1n) is 5.24. The van der Waals surface area contributed by atoms with Crippen molar-refractivity contribution in [1.29, 1.82) is 0 Å². The van der Waals surface area contributed by atoms with Gasteiger partial charge >= 0.3 is 0 Å². The van der Waals surface area contributed by atoms with Crippen LogP contribution in [-0.2, 0) is 16.4 Å². The quantitative estimate of drug-likeness (QED) is 0.791. The lowest BCUT2D eigenvalue weighted by atomic mass is 9.94. The van der Waals surface area contributed by atoms with Crippen LogP contribution in [-0.4, -0.2) is 32.1 Å². The molecule has 0 amide bonds. The third kappa shape index (κ3) is 2.54. The molecule has 1 saturated heterocycles. The van der Waals surface area contributed by atoms with Crippen LogP contribution in [0.25, 0.3) is 0 Å². The molecule has 2 N–H and O–H groups in total. The monoisotopic (exact) mass is 240 g/mol. The van der Waals surface area contributed by atoms with Gasteiger partial charge in [-0.05, 0) is 30.0 Å². The van der Waals surface area contributed by atoms with Gasteiger partial charge in [-0.3, -0.25) is 0 Å². The first-order valence-corrected chi connectivity index (χ1v) is 7.09. The molecule has 0 aromatic heterocycles. The normalized spacial score (nSPS) is 18.3. The van der Waals surface area contributed by atoms with E-state index in [0.29, 0.717) is 19.0 Å². The Bertz CT molecular complexity index is 461. The van der Waals surface area contributed by atoms with Crippen molar-refractivity contribution in [2.45, 2.75) is 6.42 Å². The smallest absolute Gasteiger partial charge is 0.211 e. The van der Waals surface area contributed by atoms with E-state index in [9.17, 15) is 8.42 Å². The summed E-state index contributed by atoms with van der Waals surface area (Å²) in [5.74, 6) is 0.443. The zero-order chi connectivity index (χ0) is 11.8. The van der Waals surface area contributed by atoms with Crippen molar-refractivity contribution in [1.82, 2.24) is 4.31 Å². The molecule has 1 aliphatic heterocycles. The van der Waals surface area contributed by atoms with Gasteiger partial charge in [0.05, 0.1) is 6.26 Å². The summed E-state index contributed by atoms with van der Waals surface area (Å²) < 4.78 is 23.8. The predicted molar refractivity (Wildman–Crippen MR) is 64.5 cm³/mol. The molecule has 0 unspecified atom stereocenters. The summed E-state index contributed by atoms with van der Waals surface area (Å²) in [5, 5.41) is 0. The minimum absolute atomic E-state index is 0.443. The van der Waals surface area contributed by atoms with Gasteiger partial charge in [0.1, 0.15) is 0 Å². The van der Waals surface area contributed by atoms with Crippen LogP contribution in [0, 0.1) is 5.92 Å². The third-order valence-electron chi connectivity index (χ3n) is 2.90. The molecule has 0 bridgehead atoms. The van der Waals surface area contributed by atoms with Crippen LogP contribution in [0.3, 0.4) is 0 Å². The molecular weight excluding hydrogens is 224 g/mol. The maximum atomic E-state index is 11.2. The molecule has 88 valence electrons. The topological polar surface area (TPSA) is 63.4 Å². The lowest BCUT2D eigenvalue weighted by Crippen LogP contribution is -2.50. The summed E-state index contributed by atoms with van der Waals surface area (Å²) in [5.41, 5.74) is 7.57. The maximum absolute atomic E-state index is 11.2. The summed E-state index contributed by atoms with van der Waals surface area (Å²) in [6.07, 6.45) is 2.18. The van der Waals surface area contributed by atoms with Crippen LogP contribution in [0.1, 0.15) is 5.56 Å². The van der Waals surface area contributed by atoms with E-state index in [4.69, 9.17) is 5.73 Å². The number of hydrogen-bond donors (Lipinski definition) is 1. The molecule has 1 aromatic carbocycles. The fourth-order valence-corrected chi connectivity index (χ4v) is 2.87. The van der Waals surface area contributed by atoms with Crippen molar-refractivity contribution >= 4 is 15.7 Å². The number of nitrogen functional groups attached to an aromatic ring is 1. The summed E-state index contributed by atoms with van der Waals surface area (Å²) in [7, 11) is -2.98. The molecule has 0 atom stereocenters. The highest BCUT2D eigenvalue weighted by atomic mass is 32.2. The highest BCUT2D eigenvalue weighted by Crippen LogP contribution is 2.22. The zero-order valence-corrected chi connectivity index (χ0v) is 10.1. The summed E-state index contributed by atoms with van der Waals surface area (Å²) >= 11 is 0. The third-order valence-corrected chi connectivity index (χ3v) is 4.13. The van der Waals surface area contributed by atoms with Crippen LogP contribution in [0.5, 0.6) is 0 Å². The Labute approximate surface area is 96.1 Å². The average molecular weight is 240 g/mol. The first-order chi connectivity index (χ1) is 7.45. The lowest BCUT2D eigenvalue weighted by Gasteiger charge is -2.37. The number of hydrogen-bond acceptors (Lipinski definition) is 3. The average Bonchev–Trinajstić information content (AvgIpc) is 2.11. The lowest BCUT2D eigenvalue weighted by molar-refractivity contribution is 0.201. The van der Waals surface area contributed by atoms with Gasteiger partial charge in [-0.2, -0.15) is 0 Å². The van der Waals surface area contributed by atoms with Crippen molar-refractivity contribution in [2.24, 2.45) is 5.92 Å². The zero-order valence-electron chi connectivity index (χ0n) is 9.26. The molecule has 2 rings (SSSR count). The number of sulfonamides is 1. The number of nitrogens with zero attached hydrogens (tertiary/aromatic N) is 1.